The Morgan fingerprint density at radius 1 is 1.27 bits per heavy atom. The molecule has 5 heteroatoms. The number of carboxylic acids is 1. The number of anilines is 1. The summed E-state index contributed by atoms with van der Waals surface area (Å²) in [6.45, 7) is 4.94. The van der Waals surface area contributed by atoms with Gasteiger partial charge in [0, 0.05) is 12.2 Å². The maximum absolute atomic E-state index is 12.4. The summed E-state index contributed by atoms with van der Waals surface area (Å²) >= 11 is 0. The molecule has 0 radical (unpaired) electrons. The van der Waals surface area contributed by atoms with Crippen LogP contribution >= 0.6 is 0 Å². The van der Waals surface area contributed by atoms with E-state index in [0.29, 0.717) is 12.8 Å². The second kappa shape index (κ2) is 6.81. The van der Waals surface area contributed by atoms with E-state index in [-0.39, 0.29) is 18.9 Å². The molecule has 2 N–H and O–H groups in total. The fourth-order valence-electron chi connectivity index (χ4n) is 3.09. The molecule has 1 amide bonds. The van der Waals surface area contributed by atoms with Crippen LogP contribution in [0.25, 0.3) is 0 Å². The van der Waals surface area contributed by atoms with Crippen LogP contribution in [0.4, 0.5) is 5.69 Å². The van der Waals surface area contributed by atoms with E-state index in [0.717, 1.165) is 18.7 Å². The van der Waals surface area contributed by atoms with E-state index in [9.17, 15) is 9.59 Å². The summed E-state index contributed by atoms with van der Waals surface area (Å²) in [7, 11) is 0. The molecule has 1 aromatic rings. The average molecular weight is 304 g/mol. The Balaban J connectivity index is 2.02. The summed E-state index contributed by atoms with van der Waals surface area (Å²) in [4.78, 5) is 25.5. The Kier molecular flexibility index (Phi) is 5.06. The topological polar surface area (TPSA) is 69.6 Å². The zero-order chi connectivity index (χ0) is 16.2. The number of rotatable bonds is 7. The molecule has 2 rings (SSSR count). The lowest BCUT2D eigenvalue weighted by atomic mass is 9.89. The monoisotopic (exact) mass is 304 g/mol. The first kappa shape index (κ1) is 16.3. The Labute approximate surface area is 131 Å². The molecule has 0 aromatic heterocycles. The summed E-state index contributed by atoms with van der Waals surface area (Å²) in [5, 5.41) is 12.0. The number of carboxylic acid groups (broad SMARTS) is 1. The highest BCUT2D eigenvalue weighted by Crippen LogP contribution is 2.27. The number of benzene rings is 1. The number of hydrogen-bond acceptors (Lipinski definition) is 3. The second-order valence-corrected chi connectivity index (χ2v) is 5.91. The number of carbonyl (C=O) groups is 2. The summed E-state index contributed by atoms with van der Waals surface area (Å²) in [6.07, 6.45) is 2.13. The normalized spacial score (nSPS) is 13.8. The van der Waals surface area contributed by atoms with Crippen molar-refractivity contribution in [3.05, 3.63) is 29.8 Å². The molecule has 1 heterocycles. The highest BCUT2D eigenvalue weighted by atomic mass is 16.4. The zero-order valence-electron chi connectivity index (χ0n) is 13.3. The van der Waals surface area contributed by atoms with Crippen molar-refractivity contribution < 1.29 is 14.7 Å². The van der Waals surface area contributed by atoms with Crippen LogP contribution in [0.15, 0.2) is 24.3 Å². The van der Waals surface area contributed by atoms with Gasteiger partial charge in [-0.1, -0.05) is 32.0 Å². The van der Waals surface area contributed by atoms with Gasteiger partial charge in [-0.15, -0.1) is 0 Å². The third kappa shape index (κ3) is 3.59. The van der Waals surface area contributed by atoms with Crippen molar-refractivity contribution in [2.45, 2.75) is 45.1 Å². The largest absolute Gasteiger partial charge is 0.481 e. The van der Waals surface area contributed by atoms with Crippen molar-refractivity contribution in [3.63, 3.8) is 0 Å². The van der Waals surface area contributed by atoms with Gasteiger partial charge in [0.2, 0.25) is 5.91 Å². The SMILES string of the molecule is CCC(CC)(CC(=O)O)NC(=O)CN1CCc2ccccc21. The van der Waals surface area contributed by atoms with Gasteiger partial charge in [0.1, 0.15) is 0 Å². The minimum atomic E-state index is -0.879. The van der Waals surface area contributed by atoms with E-state index >= 15 is 0 Å². The molecule has 0 saturated carbocycles. The third-order valence-electron chi connectivity index (χ3n) is 4.57. The van der Waals surface area contributed by atoms with Gasteiger partial charge in [-0.05, 0) is 30.9 Å². The predicted molar refractivity (Wildman–Crippen MR) is 86.1 cm³/mol. The van der Waals surface area contributed by atoms with Crippen LogP contribution in [-0.2, 0) is 16.0 Å². The molecule has 0 atom stereocenters. The molecule has 1 aliphatic rings. The molecule has 0 spiro atoms. The van der Waals surface area contributed by atoms with Gasteiger partial charge in [0.05, 0.1) is 18.5 Å². The van der Waals surface area contributed by atoms with Crippen LogP contribution in [0.2, 0.25) is 0 Å². The van der Waals surface area contributed by atoms with Gasteiger partial charge >= 0.3 is 5.97 Å². The first-order valence-corrected chi connectivity index (χ1v) is 7.85. The molecular weight excluding hydrogens is 280 g/mol. The molecule has 0 unspecified atom stereocenters. The molecular formula is C17H24N2O3. The quantitative estimate of drug-likeness (QED) is 0.810. The lowest BCUT2D eigenvalue weighted by Crippen LogP contribution is -2.51. The highest BCUT2D eigenvalue weighted by Gasteiger charge is 2.32. The van der Waals surface area contributed by atoms with Crippen LogP contribution in [0, 0.1) is 0 Å². The molecule has 0 bridgehead atoms. The maximum Gasteiger partial charge on any atom is 0.305 e. The molecule has 0 aliphatic carbocycles. The number of carbonyl (C=O) groups excluding carboxylic acids is 1. The van der Waals surface area contributed by atoms with E-state index in [2.05, 4.69) is 16.3 Å². The van der Waals surface area contributed by atoms with Crippen LogP contribution in [0.5, 0.6) is 0 Å². The number of nitrogens with zero attached hydrogens (tertiary/aromatic N) is 1. The molecule has 120 valence electrons. The van der Waals surface area contributed by atoms with E-state index in [1.807, 2.05) is 32.0 Å². The fraction of sp³-hybridized carbons (Fsp3) is 0.529. The van der Waals surface area contributed by atoms with Crippen LogP contribution in [-0.4, -0.2) is 35.6 Å². The lowest BCUT2D eigenvalue weighted by Gasteiger charge is -2.32. The minimum Gasteiger partial charge on any atom is -0.481 e. The van der Waals surface area contributed by atoms with E-state index in [4.69, 9.17) is 5.11 Å². The van der Waals surface area contributed by atoms with Crippen molar-refractivity contribution in [1.29, 1.82) is 0 Å². The first-order chi connectivity index (χ1) is 10.5. The Morgan fingerprint density at radius 2 is 1.95 bits per heavy atom. The van der Waals surface area contributed by atoms with Crippen LogP contribution in [0.1, 0.15) is 38.7 Å². The standard InChI is InChI=1S/C17H24N2O3/c1-3-17(4-2,11-16(21)22)18-15(20)12-19-10-9-13-7-5-6-8-14(13)19/h5-8H,3-4,9-12H2,1-2H3,(H,18,20)(H,21,22). The predicted octanol–water partition coefficient (Wildman–Crippen LogP) is 2.20. The second-order valence-electron chi connectivity index (χ2n) is 5.91. The Morgan fingerprint density at radius 3 is 2.59 bits per heavy atom. The molecule has 1 aliphatic heterocycles. The average Bonchev–Trinajstić information content (AvgIpc) is 2.89. The minimum absolute atomic E-state index is 0.0394. The number of para-hydroxylation sites is 1. The number of amides is 1. The summed E-state index contributed by atoms with van der Waals surface area (Å²) in [6, 6.07) is 8.09. The van der Waals surface area contributed by atoms with Crippen LogP contribution < -0.4 is 10.2 Å². The van der Waals surface area contributed by atoms with Crippen molar-refractivity contribution in [1.82, 2.24) is 5.32 Å². The van der Waals surface area contributed by atoms with E-state index < -0.39 is 11.5 Å². The van der Waals surface area contributed by atoms with Crippen molar-refractivity contribution in [3.8, 4) is 0 Å². The van der Waals surface area contributed by atoms with E-state index in [1.54, 1.807) is 0 Å². The number of aliphatic carboxylic acids is 1. The van der Waals surface area contributed by atoms with Gasteiger partial charge in [-0.3, -0.25) is 9.59 Å². The molecule has 5 nitrogen and oxygen atoms in total. The lowest BCUT2D eigenvalue weighted by molar-refractivity contribution is -0.139. The fourth-order valence-corrected chi connectivity index (χ4v) is 3.09. The molecule has 1 aromatic carbocycles. The Bertz CT molecular complexity index is 553. The van der Waals surface area contributed by atoms with Gasteiger partial charge in [-0.25, -0.2) is 0 Å². The maximum atomic E-state index is 12.4. The van der Waals surface area contributed by atoms with Crippen molar-refractivity contribution >= 4 is 17.6 Å². The van der Waals surface area contributed by atoms with Gasteiger partial charge in [0.15, 0.2) is 0 Å². The number of hydrogen-bond donors (Lipinski definition) is 2. The summed E-state index contributed by atoms with van der Waals surface area (Å²) in [5.74, 6) is -0.989. The van der Waals surface area contributed by atoms with E-state index in [1.165, 1.54) is 5.56 Å². The number of fused-ring (bicyclic) bond motifs is 1. The molecule has 0 fully saturated rings. The van der Waals surface area contributed by atoms with Gasteiger partial charge in [-0.2, -0.15) is 0 Å². The molecule has 22 heavy (non-hydrogen) atoms. The van der Waals surface area contributed by atoms with Gasteiger partial charge in [0.25, 0.3) is 0 Å². The van der Waals surface area contributed by atoms with Crippen molar-refractivity contribution in [2.75, 3.05) is 18.0 Å². The molecule has 0 saturated heterocycles. The van der Waals surface area contributed by atoms with Crippen molar-refractivity contribution in [2.24, 2.45) is 0 Å². The zero-order valence-corrected chi connectivity index (χ0v) is 13.3. The number of nitrogens with one attached hydrogen (secondary N) is 1. The summed E-state index contributed by atoms with van der Waals surface area (Å²) < 4.78 is 0. The third-order valence-corrected chi connectivity index (χ3v) is 4.57. The van der Waals surface area contributed by atoms with Gasteiger partial charge < -0.3 is 15.3 Å². The summed E-state index contributed by atoms with van der Waals surface area (Å²) in [5.41, 5.74) is 1.72. The van der Waals surface area contributed by atoms with Crippen LogP contribution in [0.3, 0.4) is 0 Å². The first-order valence-electron chi connectivity index (χ1n) is 7.85. The Hall–Kier alpha value is -2.04. The highest BCUT2D eigenvalue weighted by molar-refractivity contribution is 5.83. The smallest absolute Gasteiger partial charge is 0.305 e.